The predicted octanol–water partition coefficient (Wildman–Crippen LogP) is 3.97. The zero-order chi connectivity index (χ0) is 14.0. The summed E-state index contributed by atoms with van der Waals surface area (Å²) >= 11 is 11.6. The standard InChI is InChI=1S/C13H11Cl2FN2O/c1-2-5-18-12(10(15)7-17-18)13(19)9-4-3-8(14)6-11(9)16/h3-4,6-7H,2,5H2,1H3. The number of nitrogens with zero attached hydrogens (tertiary/aromatic N) is 2. The molecule has 100 valence electrons. The van der Waals surface area contributed by atoms with Crippen molar-refractivity contribution in [1.29, 1.82) is 0 Å². The fourth-order valence-electron chi connectivity index (χ4n) is 1.77. The van der Waals surface area contributed by atoms with Crippen LogP contribution in [-0.2, 0) is 6.54 Å². The Labute approximate surface area is 119 Å². The van der Waals surface area contributed by atoms with Crippen molar-refractivity contribution < 1.29 is 9.18 Å². The number of hydrogen-bond donors (Lipinski definition) is 0. The lowest BCUT2D eigenvalue weighted by molar-refractivity contribution is 0.102. The molecule has 19 heavy (non-hydrogen) atoms. The molecular weight excluding hydrogens is 290 g/mol. The molecule has 0 saturated carbocycles. The number of rotatable bonds is 4. The summed E-state index contributed by atoms with van der Waals surface area (Å²) in [5, 5.41) is 4.47. The van der Waals surface area contributed by atoms with Crippen LogP contribution in [0.15, 0.2) is 24.4 Å². The second kappa shape index (κ2) is 5.72. The van der Waals surface area contributed by atoms with E-state index in [4.69, 9.17) is 23.2 Å². The largest absolute Gasteiger partial charge is 0.287 e. The summed E-state index contributed by atoms with van der Waals surface area (Å²) in [5.41, 5.74) is 0.133. The van der Waals surface area contributed by atoms with Crippen molar-refractivity contribution in [3.05, 3.63) is 51.5 Å². The lowest BCUT2D eigenvalue weighted by Crippen LogP contribution is -2.13. The first-order valence-electron chi connectivity index (χ1n) is 5.75. The number of carbonyl (C=O) groups excluding carboxylic acids is 1. The predicted molar refractivity (Wildman–Crippen MR) is 72.4 cm³/mol. The van der Waals surface area contributed by atoms with Crippen LogP contribution < -0.4 is 0 Å². The zero-order valence-corrected chi connectivity index (χ0v) is 11.7. The first-order chi connectivity index (χ1) is 9.04. The van der Waals surface area contributed by atoms with Crippen LogP contribution in [-0.4, -0.2) is 15.6 Å². The highest BCUT2D eigenvalue weighted by atomic mass is 35.5. The van der Waals surface area contributed by atoms with E-state index in [1.807, 2.05) is 6.92 Å². The van der Waals surface area contributed by atoms with E-state index >= 15 is 0 Å². The molecular formula is C13H11Cl2FN2O. The molecule has 0 radical (unpaired) electrons. The normalized spacial score (nSPS) is 10.7. The average molecular weight is 301 g/mol. The molecule has 0 saturated heterocycles. The van der Waals surface area contributed by atoms with E-state index in [1.54, 1.807) is 0 Å². The third kappa shape index (κ3) is 2.80. The van der Waals surface area contributed by atoms with Crippen LogP contribution in [0.1, 0.15) is 29.4 Å². The highest BCUT2D eigenvalue weighted by Crippen LogP contribution is 2.22. The van der Waals surface area contributed by atoms with Gasteiger partial charge >= 0.3 is 0 Å². The highest BCUT2D eigenvalue weighted by molar-refractivity contribution is 6.34. The molecule has 2 aromatic rings. The van der Waals surface area contributed by atoms with Crippen LogP contribution in [0, 0.1) is 5.82 Å². The zero-order valence-electron chi connectivity index (χ0n) is 10.2. The summed E-state index contributed by atoms with van der Waals surface area (Å²) in [6.45, 7) is 2.50. The van der Waals surface area contributed by atoms with Crippen molar-refractivity contribution in [2.75, 3.05) is 0 Å². The Morgan fingerprint density at radius 2 is 2.16 bits per heavy atom. The summed E-state index contributed by atoms with van der Waals surface area (Å²) in [7, 11) is 0. The molecule has 1 aromatic carbocycles. The van der Waals surface area contributed by atoms with E-state index in [0.717, 1.165) is 12.5 Å². The van der Waals surface area contributed by atoms with E-state index in [-0.39, 0.29) is 21.3 Å². The molecule has 0 fully saturated rings. The lowest BCUT2D eigenvalue weighted by Gasteiger charge is -2.07. The minimum atomic E-state index is -0.669. The Kier molecular flexibility index (Phi) is 4.22. The SMILES string of the molecule is CCCn1ncc(Cl)c1C(=O)c1ccc(Cl)cc1F. The van der Waals surface area contributed by atoms with Gasteiger partial charge in [0.2, 0.25) is 5.78 Å². The van der Waals surface area contributed by atoms with Crippen molar-refractivity contribution in [3.63, 3.8) is 0 Å². The summed E-state index contributed by atoms with van der Waals surface area (Å²) in [4.78, 5) is 12.3. The van der Waals surface area contributed by atoms with Crippen LogP contribution in [0.4, 0.5) is 4.39 Å². The first kappa shape index (κ1) is 14.0. The van der Waals surface area contributed by atoms with Gasteiger partial charge in [-0.25, -0.2) is 4.39 Å². The molecule has 0 N–H and O–H groups in total. The van der Waals surface area contributed by atoms with Gasteiger partial charge in [-0.3, -0.25) is 9.48 Å². The van der Waals surface area contributed by atoms with Gasteiger partial charge in [-0.05, 0) is 24.6 Å². The van der Waals surface area contributed by atoms with Crippen LogP contribution in [0.25, 0.3) is 0 Å². The van der Waals surface area contributed by atoms with Gasteiger partial charge in [-0.1, -0.05) is 30.1 Å². The van der Waals surface area contributed by atoms with Gasteiger partial charge in [0.15, 0.2) is 0 Å². The maximum Gasteiger partial charge on any atom is 0.215 e. The van der Waals surface area contributed by atoms with Crippen LogP contribution in [0.3, 0.4) is 0 Å². The minimum absolute atomic E-state index is 0.0656. The van der Waals surface area contributed by atoms with Crippen LogP contribution in [0.2, 0.25) is 10.0 Å². The van der Waals surface area contributed by atoms with Gasteiger partial charge < -0.3 is 0 Å². The highest BCUT2D eigenvalue weighted by Gasteiger charge is 2.21. The van der Waals surface area contributed by atoms with Gasteiger partial charge in [0.1, 0.15) is 11.5 Å². The molecule has 0 bridgehead atoms. The van der Waals surface area contributed by atoms with Crippen LogP contribution in [0.5, 0.6) is 0 Å². The number of halogens is 3. The molecule has 3 nitrogen and oxygen atoms in total. The summed E-state index contributed by atoms with van der Waals surface area (Å²) < 4.78 is 15.2. The smallest absolute Gasteiger partial charge is 0.215 e. The van der Waals surface area contributed by atoms with E-state index in [0.29, 0.717) is 6.54 Å². The summed E-state index contributed by atoms with van der Waals surface area (Å²) in [6.07, 6.45) is 2.18. The van der Waals surface area contributed by atoms with E-state index < -0.39 is 11.6 Å². The molecule has 0 aliphatic carbocycles. The number of carbonyl (C=O) groups is 1. The second-order valence-electron chi connectivity index (χ2n) is 4.02. The Balaban J connectivity index is 2.46. The number of hydrogen-bond acceptors (Lipinski definition) is 2. The molecule has 0 unspecified atom stereocenters. The average Bonchev–Trinajstić information content (AvgIpc) is 2.70. The molecule has 1 aromatic heterocycles. The van der Waals surface area contributed by atoms with Crippen LogP contribution >= 0.6 is 23.2 Å². The van der Waals surface area contributed by atoms with Crippen molar-refractivity contribution in [1.82, 2.24) is 9.78 Å². The third-order valence-electron chi connectivity index (χ3n) is 2.62. The Morgan fingerprint density at radius 3 is 2.79 bits per heavy atom. The van der Waals surface area contributed by atoms with Crippen molar-refractivity contribution in [2.45, 2.75) is 19.9 Å². The Hall–Kier alpha value is -1.39. The monoisotopic (exact) mass is 300 g/mol. The van der Waals surface area contributed by atoms with Gasteiger partial charge in [-0.2, -0.15) is 5.10 Å². The number of aromatic nitrogens is 2. The van der Waals surface area contributed by atoms with E-state index in [2.05, 4.69) is 5.10 Å². The third-order valence-corrected chi connectivity index (χ3v) is 3.13. The second-order valence-corrected chi connectivity index (χ2v) is 4.86. The Morgan fingerprint density at radius 1 is 1.42 bits per heavy atom. The lowest BCUT2D eigenvalue weighted by atomic mass is 10.1. The van der Waals surface area contributed by atoms with E-state index in [1.165, 1.54) is 23.0 Å². The van der Waals surface area contributed by atoms with Crippen molar-refractivity contribution in [2.24, 2.45) is 0 Å². The molecule has 1 heterocycles. The molecule has 0 aliphatic rings. The molecule has 6 heteroatoms. The van der Waals surface area contributed by atoms with E-state index in [9.17, 15) is 9.18 Å². The van der Waals surface area contributed by atoms with Gasteiger partial charge in [0, 0.05) is 11.6 Å². The number of aryl methyl sites for hydroxylation is 1. The molecule has 2 rings (SSSR count). The van der Waals surface area contributed by atoms with Crippen molar-refractivity contribution in [3.8, 4) is 0 Å². The summed E-state index contributed by atoms with van der Waals surface area (Å²) in [6, 6.07) is 3.91. The first-order valence-corrected chi connectivity index (χ1v) is 6.51. The maximum absolute atomic E-state index is 13.8. The Bertz CT molecular complexity index is 625. The van der Waals surface area contributed by atoms with Gasteiger partial charge in [0.05, 0.1) is 16.8 Å². The maximum atomic E-state index is 13.8. The van der Waals surface area contributed by atoms with Crippen molar-refractivity contribution >= 4 is 29.0 Å². The molecule has 0 atom stereocenters. The minimum Gasteiger partial charge on any atom is -0.287 e. The molecule has 0 aliphatic heterocycles. The fraction of sp³-hybridized carbons (Fsp3) is 0.231. The fourth-order valence-corrected chi connectivity index (χ4v) is 2.16. The number of ketones is 1. The quantitative estimate of drug-likeness (QED) is 0.801. The molecule has 0 spiro atoms. The number of benzene rings is 1. The summed E-state index contributed by atoms with van der Waals surface area (Å²) in [5.74, 6) is -1.16. The topological polar surface area (TPSA) is 34.9 Å². The molecule has 0 amide bonds. The van der Waals surface area contributed by atoms with Gasteiger partial charge in [-0.15, -0.1) is 0 Å². The van der Waals surface area contributed by atoms with Gasteiger partial charge in [0.25, 0.3) is 0 Å².